The van der Waals surface area contributed by atoms with Crippen LogP contribution in [0.2, 0.25) is 0 Å². The van der Waals surface area contributed by atoms with Crippen LogP contribution in [0.1, 0.15) is 5.56 Å². The molecule has 0 saturated carbocycles. The van der Waals surface area contributed by atoms with Gasteiger partial charge < -0.3 is 16.2 Å². The van der Waals surface area contributed by atoms with Crippen molar-refractivity contribution in [3.63, 3.8) is 0 Å². The Balaban J connectivity index is 2.43. The van der Waals surface area contributed by atoms with E-state index in [4.69, 9.17) is 16.2 Å². The van der Waals surface area contributed by atoms with Crippen LogP contribution in [0.25, 0.3) is 0 Å². The normalized spacial score (nSPS) is 12.4. The first-order valence-electron chi connectivity index (χ1n) is 4.55. The van der Waals surface area contributed by atoms with E-state index in [2.05, 4.69) is 6.58 Å². The molecular weight excluding hydrogens is 176 g/mol. The van der Waals surface area contributed by atoms with Gasteiger partial charge in [0.15, 0.2) is 0 Å². The molecule has 0 radical (unpaired) electrons. The maximum atomic E-state index is 5.73. The van der Waals surface area contributed by atoms with Crippen molar-refractivity contribution in [3.8, 4) is 0 Å². The molecule has 0 aromatic heterocycles. The zero-order chi connectivity index (χ0) is 10.4. The van der Waals surface area contributed by atoms with Crippen LogP contribution in [0.15, 0.2) is 36.9 Å². The van der Waals surface area contributed by atoms with Crippen molar-refractivity contribution < 1.29 is 4.74 Å². The molecular formula is C11H16N2O. The van der Waals surface area contributed by atoms with Gasteiger partial charge in [0.1, 0.15) is 6.23 Å². The van der Waals surface area contributed by atoms with Crippen molar-refractivity contribution >= 4 is 5.69 Å². The Hall–Kier alpha value is -1.32. The van der Waals surface area contributed by atoms with E-state index in [1.165, 1.54) is 0 Å². The smallest absolute Gasteiger partial charge is 0.110 e. The Kier molecular flexibility index (Phi) is 4.16. The number of anilines is 1. The van der Waals surface area contributed by atoms with E-state index in [0.717, 1.165) is 11.3 Å². The lowest BCUT2D eigenvalue weighted by atomic mass is 10.1. The Bertz CT molecular complexity index is 282. The minimum absolute atomic E-state index is 0.281. The number of hydrogen-bond acceptors (Lipinski definition) is 3. The highest BCUT2D eigenvalue weighted by Gasteiger charge is 2.02. The molecule has 1 rings (SSSR count). The van der Waals surface area contributed by atoms with Crippen molar-refractivity contribution in [3.05, 3.63) is 42.5 Å². The predicted molar refractivity (Wildman–Crippen MR) is 58.7 cm³/mol. The van der Waals surface area contributed by atoms with E-state index in [0.29, 0.717) is 13.0 Å². The maximum absolute atomic E-state index is 5.73. The quantitative estimate of drug-likeness (QED) is 0.420. The Morgan fingerprint density at radius 1 is 1.36 bits per heavy atom. The van der Waals surface area contributed by atoms with Gasteiger partial charge in [0, 0.05) is 12.1 Å². The molecule has 0 saturated heterocycles. The molecule has 1 atom stereocenters. The summed E-state index contributed by atoms with van der Waals surface area (Å²) in [5.74, 6) is 0. The lowest BCUT2D eigenvalue weighted by Gasteiger charge is -2.11. The van der Waals surface area contributed by atoms with Gasteiger partial charge in [-0.15, -0.1) is 6.58 Å². The monoisotopic (exact) mass is 192 g/mol. The zero-order valence-electron chi connectivity index (χ0n) is 8.15. The highest BCUT2D eigenvalue weighted by molar-refractivity contribution is 5.39. The zero-order valence-corrected chi connectivity index (χ0v) is 8.15. The SMILES string of the molecule is C=CCOC(N)Cc1ccc(N)cc1. The number of nitrogen functional groups attached to an aromatic ring is 1. The molecule has 14 heavy (non-hydrogen) atoms. The molecule has 4 N–H and O–H groups in total. The molecule has 1 aromatic carbocycles. The molecule has 0 aliphatic heterocycles. The van der Waals surface area contributed by atoms with Crippen molar-refractivity contribution in [1.82, 2.24) is 0 Å². The summed E-state index contributed by atoms with van der Waals surface area (Å²) < 4.78 is 5.25. The molecule has 76 valence electrons. The lowest BCUT2D eigenvalue weighted by Crippen LogP contribution is -2.26. The van der Waals surface area contributed by atoms with E-state index in [9.17, 15) is 0 Å². The van der Waals surface area contributed by atoms with E-state index in [1.807, 2.05) is 24.3 Å². The average Bonchev–Trinajstić information content (AvgIpc) is 2.18. The van der Waals surface area contributed by atoms with Crippen LogP contribution in [-0.2, 0) is 11.2 Å². The van der Waals surface area contributed by atoms with Crippen molar-refractivity contribution in [2.45, 2.75) is 12.6 Å². The fraction of sp³-hybridized carbons (Fsp3) is 0.273. The van der Waals surface area contributed by atoms with Crippen LogP contribution >= 0.6 is 0 Å². The van der Waals surface area contributed by atoms with Crippen molar-refractivity contribution in [1.29, 1.82) is 0 Å². The second kappa shape index (κ2) is 5.42. The first-order chi connectivity index (χ1) is 6.72. The summed E-state index contributed by atoms with van der Waals surface area (Å²) in [5.41, 5.74) is 13.2. The average molecular weight is 192 g/mol. The van der Waals surface area contributed by atoms with E-state index >= 15 is 0 Å². The van der Waals surface area contributed by atoms with Gasteiger partial charge in [0.25, 0.3) is 0 Å². The van der Waals surface area contributed by atoms with Gasteiger partial charge in [-0.2, -0.15) is 0 Å². The van der Waals surface area contributed by atoms with Crippen LogP contribution in [0.3, 0.4) is 0 Å². The molecule has 1 aromatic rings. The van der Waals surface area contributed by atoms with E-state index in [-0.39, 0.29) is 6.23 Å². The third-order valence-corrected chi connectivity index (χ3v) is 1.84. The van der Waals surface area contributed by atoms with Crippen LogP contribution in [0.4, 0.5) is 5.69 Å². The third kappa shape index (κ3) is 3.60. The minimum Gasteiger partial charge on any atom is -0.399 e. The number of nitrogens with two attached hydrogens (primary N) is 2. The topological polar surface area (TPSA) is 61.3 Å². The highest BCUT2D eigenvalue weighted by atomic mass is 16.5. The number of ether oxygens (including phenoxy) is 1. The first kappa shape index (κ1) is 10.8. The number of hydrogen-bond donors (Lipinski definition) is 2. The summed E-state index contributed by atoms with van der Waals surface area (Å²) in [5, 5.41) is 0. The standard InChI is InChI=1S/C11H16N2O/c1-2-7-14-11(13)8-9-3-5-10(12)6-4-9/h2-6,11H,1,7-8,12-13H2. The van der Waals surface area contributed by atoms with Gasteiger partial charge in [-0.25, -0.2) is 0 Å². The molecule has 3 nitrogen and oxygen atoms in total. The number of rotatable bonds is 5. The molecule has 0 fully saturated rings. The van der Waals surface area contributed by atoms with Crippen LogP contribution in [-0.4, -0.2) is 12.8 Å². The lowest BCUT2D eigenvalue weighted by molar-refractivity contribution is 0.0798. The molecule has 0 heterocycles. The van der Waals surface area contributed by atoms with Crippen molar-refractivity contribution in [2.75, 3.05) is 12.3 Å². The third-order valence-electron chi connectivity index (χ3n) is 1.84. The maximum Gasteiger partial charge on any atom is 0.110 e. The van der Waals surface area contributed by atoms with Gasteiger partial charge in [0.05, 0.1) is 6.61 Å². The van der Waals surface area contributed by atoms with Gasteiger partial charge >= 0.3 is 0 Å². The van der Waals surface area contributed by atoms with E-state index < -0.39 is 0 Å². The van der Waals surface area contributed by atoms with Gasteiger partial charge in [0.2, 0.25) is 0 Å². The summed E-state index contributed by atoms with van der Waals surface area (Å²) in [4.78, 5) is 0. The van der Waals surface area contributed by atoms with Gasteiger partial charge in [-0.3, -0.25) is 0 Å². The van der Waals surface area contributed by atoms with Crippen LogP contribution in [0, 0.1) is 0 Å². The predicted octanol–water partition coefficient (Wildman–Crippen LogP) is 1.30. The van der Waals surface area contributed by atoms with Crippen LogP contribution < -0.4 is 11.5 Å². The van der Waals surface area contributed by atoms with Gasteiger partial charge in [-0.1, -0.05) is 18.2 Å². The Morgan fingerprint density at radius 3 is 2.57 bits per heavy atom. The molecule has 0 spiro atoms. The second-order valence-electron chi connectivity index (χ2n) is 3.11. The fourth-order valence-electron chi connectivity index (χ4n) is 1.14. The summed E-state index contributed by atoms with van der Waals surface area (Å²) in [7, 11) is 0. The van der Waals surface area contributed by atoms with E-state index in [1.54, 1.807) is 6.08 Å². The second-order valence-corrected chi connectivity index (χ2v) is 3.11. The Morgan fingerprint density at radius 2 is 2.00 bits per heavy atom. The number of benzene rings is 1. The summed E-state index contributed by atoms with van der Waals surface area (Å²) in [6.07, 6.45) is 2.09. The first-order valence-corrected chi connectivity index (χ1v) is 4.55. The molecule has 0 aliphatic carbocycles. The van der Waals surface area contributed by atoms with Crippen molar-refractivity contribution in [2.24, 2.45) is 5.73 Å². The largest absolute Gasteiger partial charge is 0.399 e. The molecule has 0 aliphatic rings. The molecule has 1 unspecified atom stereocenters. The van der Waals surface area contributed by atoms with Gasteiger partial charge in [-0.05, 0) is 17.7 Å². The fourth-order valence-corrected chi connectivity index (χ4v) is 1.14. The Labute approximate surface area is 84.4 Å². The summed E-state index contributed by atoms with van der Waals surface area (Å²) >= 11 is 0. The molecule has 0 bridgehead atoms. The highest BCUT2D eigenvalue weighted by Crippen LogP contribution is 2.07. The summed E-state index contributed by atoms with van der Waals surface area (Å²) in [6.45, 7) is 4.04. The minimum atomic E-state index is -0.281. The molecule has 0 amide bonds. The molecule has 3 heteroatoms. The summed E-state index contributed by atoms with van der Waals surface area (Å²) in [6, 6.07) is 7.62. The van der Waals surface area contributed by atoms with Crippen LogP contribution in [0.5, 0.6) is 0 Å².